The lowest BCUT2D eigenvalue weighted by atomic mass is 10.2. The number of hydrogen-bond acceptors (Lipinski definition) is 5. The Bertz CT molecular complexity index is 614. The first-order chi connectivity index (χ1) is 11.0. The van der Waals surface area contributed by atoms with Gasteiger partial charge in [-0.3, -0.25) is 10.1 Å². The quantitative estimate of drug-likeness (QED) is 0.727. The van der Waals surface area contributed by atoms with E-state index in [1.165, 1.54) is 18.2 Å². The molecule has 124 valence electrons. The van der Waals surface area contributed by atoms with Crippen LogP contribution in [0.2, 0.25) is 5.02 Å². The number of phenolic OH excluding ortho intramolecular Hbond substituents is 1. The molecule has 1 fully saturated rings. The molecule has 7 nitrogen and oxygen atoms in total. The number of urea groups is 1. The molecule has 1 aromatic rings. The molecule has 2 rings (SSSR count). The number of halogens is 1. The summed E-state index contributed by atoms with van der Waals surface area (Å²) in [5.74, 6) is -1.98. The molecule has 1 aromatic carbocycles. The topological polar surface area (TPSA) is 105 Å². The van der Waals surface area contributed by atoms with Crippen molar-refractivity contribution < 1.29 is 24.2 Å². The number of benzene rings is 1. The van der Waals surface area contributed by atoms with E-state index in [1.807, 2.05) is 0 Å². The Balaban J connectivity index is 1.77. The zero-order valence-corrected chi connectivity index (χ0v) is 13.1. The molecule has 0 bridgehead atoms. The Kier molecular flexibility index (Phi) is 5.81. The monoisotopic (exact) mass is 340 g/mol. The van der Waals surface area contributed by atoms with Crippen molar-refractivity contribution in [1.82, 2.24) is 10.6 Å². The van der Waals surface area contributed by atoms with Gasteiger partial charge in [0.1, 0.15) is 11.3 Å². The van der Waals surface area contributed by atoms with Gasteiger partial charge in [-0.05, 0) is 31.0 Å². The molecule has 0 radical (unpaired) electrons. The van der Waals surface area contributed by atoms with Crippen molar-refractivity contribution in [2.75, 3.05) is 6.61 Å². The van der Waals surface area contributed by atoms with Crippen molar-refractivity contribution in [2.45, 2.75) is 31.7 Å². The second kappa shape index (κ2) is 7.82. The lowest BCUT2D eigenvalue weighted by molar-refractivity contribution is -0.123. The molecule has 3 amide bonds. The van der Waals surface area contributed by atoms with Crippen LogP contribution in [0.25, 0.3) is 0 Å². The number of esters is 1. The standard InChI is InChI=1S/C15H17ClN2O5/c16-9-5-6-11(12(19)7-9)14(21)23-8-13(20)18-15(22)17-10-3-1-2-4-10/h5-7,10,19H,1-4,8H2,(H2,17,18,20,22). The SMILES string of the molecule is O=C(COC(=O)c1ccc(Cl)cc1O)NC(=O)NC1CCCC1. The highest BCUT2D eigenvalue weighted by atomic mass is 35.5. The highest BCUT2D eigenvalue weighted by Gasteiger charge is 2.19. The smallest absolute Gasteiger partial charge is 0.342 e. The van der Waals surface area contributed by atoms with Crippen LogP contribution in [0.3, 0.4) is 0 Å². The van der Waals surface area contributed by atoms with Gasteiger partial charge in [0.05, 0.1) is 0 Å². The Morgan fingerprint density at radius 1 is 1.26 bits per heavy atom. The summed E-state index contributed by atoms with van der Waals surface area (Å²) in [6, 6.07) is 3.36. The second-order valence-electron chi connectivity index (χ2n) is 5.24. The van der Waals surface area contributed by atoms with Gasteiger partial charge in [0.15, 0.2) is 6.61 Å². The van der Waals surface area contributed by atoms with Crippen molar-refractivity contribution in [3.05, 3.63) is 28.8 Å². The molecule has 1 saturated carbocycles. The highest BCUT2D eigenvalue weighted by molar-refractivity contribution is 6.30. The van der Waals surface area contributed by atoms with Crippen LogP contribution >= 0.6 is 11.6 Å². The summed E-state index contributed by atoms with van der Waals surface area (Å²) < 4.78 is 4.75. The van der Waals surface area contributed by atoms with Gasteiger partial charge >= 0.3 is 12.0 Å². The molecule has 0 aliphatic heterocycles. The maximum Gasteiger partial charge on any atom is 0.342 e. The lowest BCUT2D eigenvalue weighted by Gasteiger charge is -2.12. The molecule has 1 aliphatic rings. The number of imide groups is 1. The number of amides is 3. The average molecular weight is 341 g/mol. The Hall–Kier alpha value is -2.28. The van der Waals surface area contributed by atoms with Crippen molar-refractivity contribution in [3.8, 4) is 5.75 Å². The molecule has 0 unspecified atom stereocenters. The van der Waals surface area contributed by atoms with E-state index < -0.39 is 24.5 Å². The maximum atomic E-state index is 11.7. The second-order valence-corrected chi connectivity index (χ2v) is 5.68. The van der Waals surface area contributed by atoms with Crippen LogP contribution in [-0.4, -0.2) is 35.7 Å². The fourth-order valence-corrected chi connectivity index (χ4v) is 2.51. The zero-order chi connectivity index (χ0) is 16.8. The van der Waals surface area contributed by atoms with Crippen LogP contribution in [0, 0.1) is 0 Å². The molecule has 0 saturated heterocycles. The molecular formula is C15H17ClN2O5. The van der Waals surface area contributed by atoms with Crippen LogP contribution in [0.5, 0.6) is 5.75 Å². The van der Waals surface area contributed by atoms with Gasteiger partial charge in [-0.25, -0.2) is 9.59 Å². The van der Waals surface area contributed by atoms with Gasteiger partial charge in [-0.1, -0.05) is 24.4 Å². The van der Waals surface area contributed by atoms with Crippen LogP contribution in [-0.2, 0) is 9.53 Å². The van der Waals surface area contributed by atoms with E-state index in [4.69, 9.17) is 16.3 Å². The number of rotatable bonds is 4. The van der Waals surface area contributed by atoms with Gasteiger partial charge in [0.2, 0.25) is 0 Å². The third kappa shape index (κ3) is 5.14. The molecule has 23 heavy (non-hydrogen) atoms. The molecule has 0 atom stereocenters. The first kappa shape index (κ1) is 17.1. The van der Waals surface area contributed by atoms with Gasteiger partial charge in [0.25, 0.3) is 5.91 Å². The molecule has 0 spiro atoms. The first-order valence-electron chi connectivity index (χ1n) is 7.21. The molecule has 0 aromatic heterocycles. The summed E-state index contributed by atoms with van der Waals surface area (Å²) in [5, 5.41) is 14.6. The van der Waals surface area contributed by atoms with E-state index in [0.717, 1.165) is 25.7 Å². The van der Waals surface area contributed by atoms with Crippen molar-refractivity contribution in [2.24, 2.45) is 0 Å². The maximum absolute atomic E-state index is 11.7. The van der Waals surface area contributed by atoms with Crippen LogP contribution in [0.4, 0.5) is 4.79 Å². The third-order valence-corrected chi connectivity index (χ3v) is 3.69. The highest BCUT2D eigenvalue weighted by Crippen LogP contribution is 2.22. The molecule has 3 N–H and O–H groups in total. The van der Waals surface area contributed by atoms with E-state index in [-0.39, 0.29) is 22.4 Å². The minimum absolute atomic E-state index is 0.0800. The van der Waals surface area contributed by atoms with E-state index in [0.29, 0.717) is 0 Å². The predicted octanol–water partition coefficient (Wildman–Crippen LogP) is 1.97. The van der Waals surface area contributed by atoms with Gasteiger partial charge in [-0.15, -0.1) is 0 Å². The number of carbonyl (C=O) groups is 3. The first-order valence-corrected chi connectivity index (χ1v) is 7.59. The van der Waals surface area contributed by atoms with Crippen molar-refractivity contribution in [3.63, 3.8) is 0 Å². The van der Waals surface area contributed by atoms with Crippen LogP contribution in [0.1, 0.15) is 36.0 Å². The number of hydrogen-bond donors (Lipinski definition) is 3. The summed E-state index contributed by atoms with van der Waals surface area (Å²) in [5.41, 5.74) is -0.113. The van der Waals surface area contributed by atoms with Gasteiger partial charge < -0.3 is 15.2 Å². The largest absolute Gasteiger partial charge is 0.507 e. The minimum atomic E-state index is -0.884. The van der Waals surface area contributed by atoms with Crippen molar-refractivity contribution >= 4 is 29.5 Å². The summed E-state index contributed by atoms with van der Waals surface area (Å²) in [6.45, 7) is -0.626. The normalized spacial score (nSPS) is 14.3. The van der Waals surface area contributed by atoms with E-state index in [9.17, 15) is 19.5 Å². The lowest BCUT2D eigenvalue weighted by Crippen LogP contribution is -2.44. The van der Waals surface area contributed by atoms with Crippen LogP contribution in [0.15, 0.2) is 18.2 Å². The van der Waals surface area contributed by atoms with Gasteiger partial charge in [-0.2, -0.15) is 0 Å². The number of nitrogens with one attached hydrogen (secondary N) is 2. The Labute approximate surface area is 138 Å². The minimum Gasteiger partial charge on any atom is -0.507 e. The Morgan fingerprint density at radius 2 is 1.96 bits per heavy atom. The van der Waals surface area contributed by atoms with E-state index >= 15 is 0 Å². The molecule has 0 heterocycles. The summed E-state index contributed by atoms with van der Waals surface area (Å²) in [4.78, 5) is 34.9. The number of phenols is 1. The fraction of sp³-hybridized carbons (Fsp3) is 0.400. The Morgan fingerprint density at radius 3 is 2.61 bits per heavy atom. The zero-order valence-electron chi connectivity index (χ0n) is 12.3. The summed E-state index contributed by atoms with van der Waals surface area (Å²) in [6.07, 6.45) is 3.90. The van der Waals surface area contributed by atoms with Crippen molar-refractivity contribution in [1.29, 1.82) is 0 Å². The summed E-state index contributed by atoms with van der Waals surface area (Å²) in [7, 11) is 0. The van der Waals surface area contributed by atoms with Gasteiger partial charge in [0, 0.05) is 11.1 Å². The number of carbonyl (C=O) groups excluding carboxylic acids is 3. The molecular weight excluding hydrogens is 324 g/mol. The molecule has 8 heteroatoms. The predicted molar refractivity (Wildman–Crippen MR) is 82.3 cm³/mol. The van der Waals surface area contributed by atoms with E-state index in [2.05, 4.69) is 10.6 Å². The molecule has 1 aliphatic carbocycles. The van der Waals surface area contributed by atoms with Crippen LogP contribution < -0.4 is 10.6 Å². The number of aromatic hydroxyl groups is 1. The van der Waals surface area contributed by atoms with E-state index in [1.54, 1.807) is 0 Å². The third-order valence-electron chi connectivity index (χ3n) is 3.46. The fourth-order valence-electron chi connectivity index (χ4n) is 2.34. The number of ether oxygens (including phenoxy) is 1. The summed E-state index contributed by atoms with van der Waals surface area (Å²) >= 11 is 5.66. The average Bonchev–Trinajstić information content (AvgIpc) is 2.97.